The van der Waals surface area contributed by atoms with Gasteiger partial charge < -0.3 is 20.3 Å². The van der Waals surface area contributed by atoms with Crippen molar-refractivity contribution in [1.82, 2.24) is 15.5 Å². The predicted molar refractivity (Wildman–Crippen MR) is 133 cm³/mol. The van der Waals surface area contributed by atoms with Crippen LogP contribution in [0.2, 0.25) is 0 Å². The number of nitrogens with one attached hydrogen (secondary N) is 2. The number of rotatable bonds is 5. The van der Waals surface area contributed by atoms with Gasteiger partial charge in [-0.2, -0.15) is 0 Å². The number of hydrogen-bond acceptors (Lipinski definition) is 4. The Bertz CT molecular complexity index is 1190. The van der Waals surface area contributed by atoms with E-state index in [1.807, 2.05) is 66.7 Å². The molecule has 0 aliphatic carbocycles. The molecule has 1 unspecified atom stereocenters. The molecular weight excluding hydrogens is 426 g/mol. The fraction of sp³-hybridized carbons (Fsp3) is 0.357. The molecule has 6 nitrogen and oxygen atoms in total. The van der Waals surface area contributed by atoms with Crippen LogP contribution in [0.4, 0.5) is 0 Å². The number of benzene rings is 3. The number of nitrogens with zero attached hydrogens (tertiary/aromatic N) is 1. The molecule has 1 atom stereocenters. The lowest BCUT2D eigenvalue weighted by Crippen LogP contribution is -2.52. The van der Waals surface area contributed by atoms with E-state index in [0.717, 1.165) is 60.0 Å². The van der Waals surface area contributed by atoms with Gasteiger partial charge in [-0.05, 0) is 42.3 Å². The van der Waals surface area contributed by atoms with Crippen LogP contribution in [0.25, 0.3) is 10.8 Å². The summed E-state index contributed by atoms with van der Waals surface area (Å²) in [4.78, 5) is 27.8. The van der Waals surface area contributed by atoms with Crippen molar-refractivity contribution in [3.63, 3.8) is 0 Å². The lowest BCUT2D eigenvalue weighted by atomic mass is 9.80. The highest BCUT2D eigenvalue weighted by Crippen LogP contribution is 2.44. The molecule has 3 aromatic rings. The lowest BCUT2D eigenvalue weighted by molar-refractivity contribution is -0.126. The van der Waals surface area contributed by atoms with Gasteiger partial charge in [0.1, 0.15) is 11.4 Å². The van der Waals surface area contributed by atoms with Crippen LogP contribution < -0.4 is 15.4 Å². The molecule has 34 heavy (non-hydrogen) atoms. The van der Waals surface area contributed by atoms with Crippen molar-refractivity contribution in [2.24, 2.45) is 0 Å². The second-order valence-corrected chi connectivity index (χ2v) is 9.54. The normalized spacial score (nSPS) is 19.3. The Balaban J connectivity index is 1.22. The third kappa shape index (κ3) is 4.77. The van der Waals surface area contributed by atoms with Gasteiger partial charge in [0.25, 0.3) is 0 Å². The third-order valence-electron chi connectivity index (χ3n) is 7.11. The molecule has 6 heteroatoms. The van der Waals surface area contributed by atoms with Crippen molar-refractivity contribution >= 4 is 22.6 Å². The molecular formula is C28H31N3O3. The predicted octanol–water partition coefficient (Wildman–Crippen LogP) is 3.60. The maximum absolute atomic E-state index is 12.8. The lowest BCUT2D eigenvalue weighted by Gasteiger charge is -2.46. The van der Waals surface area contributed by atoms with E-state index >= 15 is 0 Å². The Kier molecular flexibility index (Phi) is 6.24. The zero-order valence-electron chi connectivity index (χ0n) is 19.5. The first-order valence-corrected chi connectivity index (χ1v) is 12.0. The Morgan fingerprint density at radius 3 is 2.56 bits per heavy atom. The van der Waals surface area contributed by atoms with E-state index in [0.29, 0.717) is 0 Å². The van der Waals surface area contributed by atoms with Crippen LogP contribution in [0, 0.1) is 0 Å². The van der Waals surface area contributed by atoms with Gasteiger partial charge in [-0.1, -0.05) is 60.7 Å². The summed E-state index contributed by atoms with van der Waals surface area (Å²) in [7, 11) is 2.13. The number of fused-ring (bicyclic) bond motifs is 2. The van der Waals surface area contributed by atoms with Gasteiger partial charge in [0.2, 0.25) is 11.8 Å². The Morgan fingerprint density at radius 2 is 1.71 bits per heavy atom. The van der Waals surface area contributed by atoms with Crippen molar-refractivity contribution in [3.05, 3.63) is 77.9 Å². The van der Waals surface area contributed by atoms with Gasteiger partial charge in [0.15, 0.2) is 0 Å². The van der Waals surface area contributed by atoms with E-state index in [1.54, 1.807) is 0 Å². The highest BCUT2D eigenvalue weighted by Gasteiger charge is 2.43. The first-order valence-electron chi connectivity index (χ1n) is 12.0. The smallest absolute Gasteiger partial charge is 0.239 e. The second kappa shape index (κ2) is 9.47. The minimum absolute atomic E-state index is 0.0428. The van der Waals surface area contributed by atoms with Gasteiger partial charge in [-0.15, -0.1) is 0 Å². The van der Waals surface area contributed by atoms with E-state index in [1.165, 1.54) is 0 Å². The summed E-state index contributed by atoms with van der Waals surface area (Å²) in [5, 5.41) is 8.12. The fourth-order valence-corrected chi connectivity index (χ4v) is 5.19. The SMILES string of the molecule is CN1CCC2(CC1)CC(NC(=O)CNC(=O)Cc1cccc3ccccc13)c1ccccc1O2. The Morgan fingerprint density at radius 1 is 0.971 bits per heavy atom. The Labute approximate surface area is 200 Å². The average Bonchev–Trinajstić information content (AvgIpc) is 2.85. The first kappa shape index (κ1) is 22.4. The number of ether oxygens (including phenoxy) is 1. The maximum Gasteiger partial charge on any atom is 0.239 e. The van der Waals surface area contributed by atoms with E-state index in [-0.39, 0.29) is 36.4 Å². The van der Waals surface area contributed by atoms with Crippen LogP contribution in [0.5, 0.6) is 5.75 Å². The van der Waals surface area contributed by atoms with Crippen LogP contribution >= 0.6 is 0 Å². The first-order chi connectivity index (χ1) is 16.5. The van der Waals surface area contributed by atoms with Crippen molar-refractivity contribution in [2.45, 2.75) is 37.3 Å². The largest absolute Gasteiger partial charge is 0.487 e. The summed E-state index contributed by atoms with van der Waals surface area (Å²) in [6.45, 7) is 1.92. The second-order valence-electron chi connectivity index (χ2n) is 9.54. The number of carbonyl (C=O) groups excluding carboxylic acids is 2. The van der Waals surface area contributed by atoms with E-state index in [4.69, 9.17) is 4.74 Å². The topological polar surface area (TPSA) is 70.7 Å². The minimum Gasteiger partial charge on any atom is -0.487 e. The standard InChI is InChI=1S/C28H31N3O3/c1-31-15-13-28(14-16-31)18-24(23-11-4-5-12-25(23)34-28)30-27(33)19-29-26(32)17-21-9-6-8-20-7-2-3-10-22(20)21/h2-12,24H,13-19H2,1H3,(H,29,32)(H,30,33). The van der Waals surface area contributed by atoms with Crippen LogP contribution in [0.1, 0.15) is 36.4 Å². The molecule has 2 heterocycles. The highest BCUT2D eigenvalue weighted by atomic mass is 16.5. The van der Waals surface area contributed by atoms with Crippen molar-refractivity contribution in [3.8, 4) is 5.75 Å². The molecule has 1 saturated heterocycles. The number of amides is 2. The van der Waals surface area contributed by atoms with Crippen molar-refractivity contribution in [1.29, 1.82) is 0 Å². The van der Waals surface area contributed by atoms with E-state index < -0.39 is 0 Å². The third-order valence-corrected chi connectivity index (χ3v) is 7.11. The van der Waals surface area contributed by atoms with E-state index in [9.17, 15) is 9.59 Å². The summed E-state index contributed by atoms with van der Waals surface area (Å²) in [5.74, 6) is 0.505. The fourth-order valence-electron chi connectivity index (χ4n) is 5.19. The number of para-hydroxylation sites is 1. The maximum atomic E-state index is 12.8. The summed E-state index contributed by atoms with van der Waals surface area (Å²) in [6.07, 6.45) is 2.86. The number of piperidine rings is 1. The quantitative estimate of drug-likeness (QED) is 0.614. The molecule has 2 amide bonds. The van der Waals surface area contributed by atoms with Gasteiger partial charge in [0, 0.05) is 25.1 Å². The molecule has 0 saturated carbocycles. The van der Waals surface area contributed by atoms with Gasteiger partial charge in [-0.25, -0.2) is 0 Å². The summed E-state index contributed by atoms with van der Waals surface area (Å²) in [5.41, 5.74) is 1.71. The molecule has 176 valence electrons. The van der Waals surface area contributed by atoms with Crippen LogP contribution in [0.15, 0.2) is 66.7 Å². The molecule has 1 fully saturated rings. The number of hydrogen-bond donors (Lipinski definition) is 2. The highest BCUT2D eigenvalue weighted by molar-refractivity contribution is 5.91. The van der Waals surface area contributed by atoms with Gasteiger partial charge >= 0.3 is 0 Å². The van der Waals surface area contributed by atoms with Crippen molar-refractivity contribution in [2.75, 3.05) is 26.7 Å². The van der Waals surface area contributed by atoms with Crippen LogP contribution in [-0.2, 0) is 16.0 Å². The summed E-state index contributed by atoms with van der Waals surface area (Å²) in [6, 6.07) is 21.8. The Hall–Kier alpha value is -3.38. The zero-order valence-corrected chi connectivity index (χ0v) is 19.5. The molecule has 0 radical (unpaired) electrons. The summed E-state index contributed by atoms with van der Waals surface area (Å²) < 4.78 is 6.47. The molecule has 2 aliphatic heterocycles. The number of likely N-dealkylation sites (tertiary alicyclic amines) is 1. The average molecular weight is 458 g/mol. The molecule has 2 N–H and O–H groups in total. The summed E-state index contributed by atoms with van der Waals surface area (Å²) >= 11 is 0. The monoisotopic (exact) mass is 457 g/mol. The van der Waals surface area contributed by atoms with E-state index in [2.05, 4.69) is 22.6 Å². The molecule has 5 rings (SSSR count). The molecule has 0 aromatic heterocycles. The van der Waals surface area contributed by atoms with Crippen LogP contribution in [-0.4, -0.2) is 49.0 Å². The van der Waals surface area contributed by atoms with Gasteiger partial charge in [-0.3, -0.25) is 9.59 Å². The molecule has 0 bridgehead atoms. The molecule has 2 aliphatic rings. The minimum atomic E-state index is -0.254. The zero-order chi connectivity index (χ0) is 23.5. The van der Waals surface area contributed by atoms with Gasteiger partial charge in [0.05, 0.1) is 19.0 Å². The molecule has 3 aromatic carbocycles. The van der Waals surface area contributed by atoms with Crippen LogP contribution in [0.3, 0.4) is 0 Å². The molecule has 1 spiro atoms. The van der Waals surface area contributed by atoms with Crippen molar-refractivity contribution < 1.29 is 14.3 Å². The number of carbonyl (C=O) groups is 2.